The Labute approximate surface area is 173 Å². The van der Waals surface area contributed by atoms with Gasteiger partial charge in [0, 0.05) is 35.1 Å². The first-order valence-corrected chi connectivity index (χ1v) is 10.1. The Hall–Kier alpha value is -2.56. The topological polar surface area (TPSA) is 86.3 Å². The van der Waals surface area contributed by atoms with Gasteiger partial charge in [-0.2, -0.15) is 0 Å². The number of benzene rings is 1. The molecule has 4 heterocycles. The summed E-state index contributed by atoms with van der Waals surface area (Å²) >= 11 is 7.72. The van der Waals surface area contributed by atoms with Crippen LogP contribution in [0.3, 0.4) is 0 Å². The Balaban J connectivity index is 1.27. The van der Waals surface area contributed by atoms with Crippen molar-refractivity contribution in [1.82, 2.24) is 19.4 Å². The molecule has 2 aliphatic heterocycles. The maximum Gasteiger partial charge on any atom is 0.415 e. The molecule has 29 heavy (non-hydrogen) atoms. The summed E-state index contributed by atoms with van der Waals surface area (Å²) < 4.78 is 20.9. The minimum Gasteiger partial charge on any atom is -0.436 e. The second-order valence-electron chi connectivity index (χ2n) is 7.48. The lowest BCUT2D eigenvalue weighted by Gasteiger charge is -2.27. The van der Waals surface area contributed by atoms with Gasteiger partial charge in [-0.05, 0) is 30.0 Å². The van der Waals surface area contributed by atoms with Crippen molar-refractivity contribution >= 4 is 28.8 Å². The molecule has 0 saturated heterocycles. The highest BCUT2D eigenvalue weighted by Gasteiger charge is 2.42. The summed E-state index contributed by atoms with van der Waals surface area (Å²) in [5.74, 6) is -0.578. The summed E-state index contributed by atoms with van der Waals surface area (Å²) in [6, 6.07) is 4.60. The van der Waals surface area contributed by atoms with E-state index >= 15 is 0 Å². The van der Waals surface area contributed by atoms with Crippen molar-refractivity contribution in [3.8, 4) is 16.6 Å². The molecule has 0 saturated carbocycles. The average Bonchev–Trinajstić information content (AvgIpc) is 3.33. The summed E-state index contributed by atoms with van der Waals surface area (Å²) in [6.07, 6.45) is 1.40. The van der Waals surface area contributed by atoms with Crippen LogP contribution < -0.4 is 4.74 Å². The lowest BCUT2D eigenvalue weighted by atomic mass is 10.1. The molecule has 8 nitrogen and oxygen atoms in total. The SMILES string of the molecule is CC1(CN2Cc3nc(-c4ccc(F)cc4Cl)sc3C2)Cn2cc([N+](=O)[O-])nc2O1. The van der Waals surface area contributed by atoms with Crippen LogP contribution in [0, 0.1) is 15.9 Å². The van der Waals surface area contributed by atoms with E-state index in [1.807, 2.05) is 6.92 Å². The Bertz CT molecular complexity index is 1100. The molecule has 1 atom stereocenters. The van der Waals surface area contributed by atoms with Crippen molar-refractivity contribution in [2.45, 2.75) is 32.2 Å². The van der Waals surface area contributed by atoms with Gasteiger partial charge in [-0.1, -0.05) is 11.6 Å². The molecular formula is C18H15ClFN5O3S. The lowest BCUT2D eigenvalue weighted by Crippen LogP contribution is -2.43. The molecule has 11 heteroatoms. The van der Waals surface area contributed by atoms with Crippen molar-refractivity contribution < 1.29 is 14.1 Å². The van der Waals surface area contributed by atoms with Gasteiger partial charge in [-0.3, -0.25) is 9.47 Å². The van der Waals surface area contributed by atoms with E-state index < -0.39 is 10.5 Å². The van der Waals surface area contributed by atoms with Crippen LogP contribution in [0.15, 0.2) is 24.4 Å². The van der Waals surface area contributed by atoms with Crippen LogP contribution in [0.1, 0.15) is 17.5 Å². The third-order valence-electron chi connectivity index (χ3n) is 5.00. The number of imidazole rings is 1. The van der Waals surface area contributed by atoms with Gasteiger partial charge < -0.3 is 14.9 Å². The molecule has 0 N–H and O–H groups in total. The molecule has 1 aromatic carbocycles. The molecule has 2 aliphatic rings. The van der Waals surface area contributed by atoms with Gasteiger partial charge in [0.25, 0.3) is 0 Å². The van der Waals surface area contributed by atoms with Crippen molar-refractivity contribution in [1.29, 1.82) is 0 Å². The number of rotatable bonds is 4. The Morgan fingerprint density at radius 2 is 2.24 bits per heavy atom. The van der Waals surface area contributed by atoms with Crippen LogP contribution in [0.5, 0.6) is 6.01 Å². The van der Waals surface area contributed by atoms with Gasteiger partial charge in [0.1, 0.15) is 22.6 Å². The highest BCUT2D eigenvalue weighted by atomic mass is 35.5. The molecule has 0 radical (unpaired) electrons. The Morgan fingerprint density at radius 3 is 2.93 bits per heavy atom. The molecule has 0 fully saturated rings. The normalized spacial score (nSPS) is 20.5. The van der Waals surface area contributed by atoms with Crippen molar-refractivity contribution in [3.05, 3.63) is 55.9 Å². The number of hydrogen-bond donors (Lipinski definition) is 0. The standard InChI is InChI=1S/C18H15ClFN5O3S/c1-18(9-24-7-15(25(26)27)22-17(24)28-18)8-23-5-13-14(6-23)29-16(21-13)11-3-2-10(20)4-12(11)19/h2-4,7H,5-6,8-9H2,1H3. The van der Waals surface area contributed by atoms with E-state index in [2.05, 4.69) is 9.88 Å². The van der Waals surface area contributed by atoms with Crippen LogP contribution >= 0.6 is 22.9 Å². The first-order chi connectivity index (χ1) is 13.8. The number of halogens is 2. The van der Waals surface area contributed by atoms with Crippen LogP contribution in [-0.4, -0.2) is 36.5 Å². The van der Waals surface area contributed by atoms with E-state index in [0.29, 0.717) is 24.7 Å². The van der Waals surface area contributed by atoms with Crippen molar-refractivity contribution in [3.63, 3.8) is 0 Å². The summed E-state index contributed by atoms with van der Waals surface area (Å²) in [7, 11) is 0. The summed E-state index contributed by atoms with van der Waals surface area (Å²) in [4.78, 5) is 22.3. The summed E-state index contributed by atoms with van der Waals surface area (Å²) in [5, 5.41) is 12.0. The number of nitrogens with zero attached hydrogens (tertiary/aromatic N) is 5. The van der Waals surface area contributed by atoms with E-state index in [9.17, 15) is 14.5 Å². The Kier molecular flexibility index (Phi) is 4.12. The van der Waals surface area contributed by atoms with Crippen LogP contribution in [0.4, 0.5) is 10.2 Å². The quantitative estimate of drug-likeness (QED) is 0.456. The smallest absolute Gasteiger partial charge is 0.415 e. The maximum atomic E-state index is 13.3. The molecule has 0 bridgehead atoms. The number of thiazole rings is 1. The van der Waals surface area contributed by atoms with Gasteiger partial charge >= 0.3 is 11.8 Å². The third kappa shape index (κ3) is 3.26. The molecule has 5 rings (SSSR count). The first kappa shape index (κ1) is 18.5. The van der Waals surface area contributed by atoms with Crippen molar-refractivity contribution in [2.75, 3.05) is 6.54 Å². The highest BCUT2D eigenvalue weighted by molar-refractivity contribution is 7.15. The van der Waals surface area contributed by atoms with Gasteiger partial charge in [0.2, 0.25) is 0 Å². The Morgan fingerprint density at radius 1 is 1.41 bits per heavy atom. The molecule has 0 spiro atoms. The predicted octanol–water partition coefficient (Wildman–Crippen LogP) is 3.87. The van der Waals surface area contributed by atoms with Gasteiger partial charge in [0.15, 0.2) is 0 Å². The second-order valence-corrected chi connectivity index (χ2v) is 8.97. The fraction of sp³-hybridized carbons (Fsp3) is 0.333. The number of ether oxygens (including phenoxy) is 1. The molecule has 150 valence electrons. The van der Waals surface area contributed by atoms with Crippen molar-refractivity contribution in [2.24, 2.45) is 0 Å². The zero-order valence-corrected chi connectivity index (χ0v) is 16.8. The maximum absolute atomic E-state index is 13.3. The number of fused-ring (bicyclic) bond motifs is 2. The lowest BCUT2D eigenvalue weighted by molar-refractivity contribution is -0.389. The minimum atomic E-state index is -0.527. The van der Waals surface area contributed by atoms with Crippen LogP contribution in [0.2, 0.25) is 5.02 Å². The molecular weight excluding hydrogens is 421 g/mol. The zero-order valence-electron chi connectivity index (χ0n) is 15.3. The summed E-state index contributed by atoms with van der Waals surface area (Å²) in [6.45, 7) is 4.51. The first-order valence-electron chi connectivity index (χ1n) is 8.87. The monoisotopic (exact) mass is 435 g/mol. The third-order valence-corrected chi connectivity index (χ3v) is 6.42. The second kappa shape index (κ2) is 6.48. The van der Waals surface area contributed by atoms with Gasteiger partial charge in [-0.15, -0.1) is 11.3 Å². The summed E-state index contributed by atoms with van der Waals surface area (Å²) in [5.41, 5.74) is 1.20. The highest BCUT2D eigenvalue weighted by Crippen LogP contribution is 2.38. The van der Waals surface area contributed by atoms with Gasteiger partial charge in [-0.25, -0.2) is 9.37 Å². The van der Waals surface area contributed by atoms with Crippen LogP contribution in [-0.2, 0) is 19.6 Å². The number of aromatic nitrogens is 3. The predicted molar refractivity (Wildman–Crippen MR) is 105 cm³/mol. The number of hydrogen-bond acceptors (Lipinski definition) is 7. The fourth-order valence-corrected chi connectivity index (χ4v) is 5.29. The zero-order chi connectivity index (χ0) is 20.3. The van der Waals surface area contributed by atoms with E-state index in [-0.39, 0.29) is 17.6 Å². The fourth-order valence-electron chi connectivity index (χ4n) is 3.83. The largest absolute Gasteiger partial charge is 0.436 e. The average molecular weight is 436 g/mol. The molecule has 2 aromatic heterocycles. The molecule has 0 amide bonds. The van der Waals surface area contributed by atoms with Gasteiger partial charge in [0.05, 0.1) is 17.3 Å². The molecule has 3 aromatic rings. The number of nitro groups is 1. The van der Waals surface area contributed by atoms with E-state index in [0.717, 1.165) is 27.7 Å². The van der Waals surface area contributed by atoms with Crippen LogP contribution in [0.25, 0.3) is 10.6 Å². The van der Waals surface area contributed by atoms with E-state index in [1.54, 1.807) is 22.0 Å². The molecule has 0 aliphatic carbocycles. The minimum absolute atomic E-state index is 0.207. The van der Waals surface area contributed by atoms with E-state index in [1.165, 1.54) is 18.3 Å². The van der Waals surface area contributed by atoms with E-state index in [4.69, 9.17) is 21.3 Å². The molecule has 1 unspecified atom stereocenters.